The molecule has 1 amide bonds. The van der Waals surface area contributed by atoms with Gasteiger partial charge in [-0.2, -0.15) is 0 Å². The standard InChI is InChI=1S/C15H18N6OS2/c1-3-9-21(14(16)23)19-12(22)10-24-15-18-17-13(20(15)2)11-7-5-4-6-8-11/h3-8H,1,9-10H2,2H3,(H2,16,23)(H,19,22). The first-order chi connectivity index (χ1) is 11.5. The van der Waals surface area contributed by atoms with Crippen LogP contribution in [0.4, 0.5) is 0 Å². The van der Waals surface area contributed by atoms with Gasteiger partial charge in [0.2, 0.25) is 5.91 Å². The molecular weight excluding hydrogens is 344 g/mol. The third kappa shape index (κ3) is 4.56. The number of nitrogens with two attached hydrogens (primary N) is 1. The van der Waals surface area contributed by atoms with Gasteiger partial charge in [0, 0.05) is 12.6 Å². The number of thiocarbonyl (C=S) groups is 1. The molecule has 1 heterocycles. The summed E-state index contributed by atoms with van der Waals surface area (Å²) in [4.78, 5) is 12.0. The number of hydrogen-bond donors (Lipinski definition) is 2. The molecule has 0 aliphatic carbocycles. The zero-order valence-corrected chi connectivity index (χ0v) is 14.8. The molecule has 1 aromatic heterocycles. The minimum Gasteiger partial charge on any atom is -0.375 e. The Morgan fingerprint density at radius 3 is 2.79 bits per heavy atom. The Kier molecular flexibility index (Phi) is 6.33. The smallest absolute Gasteiger partial charge is 0.249 e. The van der Waals surface area contributed by atoms with Crippen LogP contribution in [0.15, 0.2) is 48.1 Å². The van der Waals surface area contributed by atoms with E-state index >= 15 is 0 Å². The molecule has 7 nitrogen and oxygen atoms in total. The fourth-order valence-corrected chi connectivity index (χ4v) is 2.74. The van der Waals surface area contributed by atoms with E-state index in [1.54, 1.807) is 6.08 Å². The van der Waals surface area contributed by atoms with E-state index in [1.165, 1.54) is 16.8 Å². The number of amides is 1. The van der Waals surface area contributed by atoms with Gasteiger partial charge in [-0.3, -0.25) is 15.2 Å². The average molecular weight is 362 g/mol. The van der Waals surface area contributed by atoms with Crippen LogP contribution in [-0.2, 0) is 11.8 Å². The maximum Gasteiger partial charge on any atom is 0.249 e. The van der Waals surface area contributed by atoms with Crippen LogP contribution >= 0.6 is 24.0 Å². The summed E-state index contributed by atoms with van der Waals surface area (Å²) in [6, 6.07) is 9.74. The SMILES string of the molecule is C=CCN(NC(=O)CSc1nnc(-c2ccccc2)n1C)C(N)=S. The molecule has 2 aromatic rings. The largest absolute Gasteiger partial charge is 0.375 e. The lowest BCUT2D eigenvalue weighted by Crippen LogP contribution is -2.49. The van der Waals surface area contributed by atoms with Gasteiger partial charge in [0.1, 0.15) is 0 Å². The number of nitrogens with zero attached hydrogens (tertiary/aromatic N) is 4. The number of carbonyl (C=O) groups is 1. The maximum absolute atomic E-state index is 12.0. The van der Waals surface area contributed by atoms with Crippen molar-refractivity contribution in [2.75, 3.05) is 12.3 Å². The Hall–Kier alpha value is -2.39. The molecule has 0 radical (unpaired) electrons. The van der Waals surface area contributed by atoms with Gasteiger partial charge in [-0.25, -0.2) is 0 Å². The van der Waals surface area contributed by atoms with Crippen molar-refractivity contribution >= 4 is 35.0 Å². The molecule has 3 N–H and O–H groups in total. The molecule has 0 aliphatic heterocycles. The summed E-state index contributed by atoms with van der Waals surface area (Å²) < 4.78 is 1.85. The molecule has 1 aromatic carbocycles. The molecule has 24 heavy (non-hydrogen) atoms. The maximum atomic E-state index is 12.0. The third-order valence-corrected chi connectivity index (χ3v) is 4.28. The molecule has 0 unspecified atom stereocenters. The van der Waals surface area contributed by atoms with Crippen LogP contribution in [0.1, 0.15) is 0 Å². The van der Waals surface area contributed by atoms with Crippen molar-refractivity contribution in [3.8, 4) is 11.4 Å². The number of benzene rings is 1. The summed E-state index contributed by atoms with van der Waals surface area (Å²) in [6.07, 6.45) is 1.60. The van der Waals surface area contributed by atoms with Crippen LogP contribution in [0.2, 0.25) is 0 Å². The molecule has 0 aliphatic rings. The summed E-state index contributed by atoms with van der Waals surface area (Å²) in [5.74, 6) is 0.672. The zero-order chi connectivity index (χ0) is 17.5. The van der Waals surface area contributed by atoms with E-state index in [2.05, 4.69) is 22.2 Å². The van der Waals surface area contributed by atoms with Crippen LogP contribution in [0.3, 0.4) is 0 Å². The highest BCUT2D eigenvalue weighted by Crippen LogP contribution is 2.22. The molecule has 0 spiro atoms. The Bertz CT molecular complexity index is 731. The number of nitrogens with one attached hydrogen (secondary N) is 1. The first kappa shape index (κ1) is 18.0. The molecule has 0 saturated heterocycles. The summed E-state index contributed by atoms with van der Waals surface area (Å²) >= 11 is 6.15. The fraction of sp³-hybridized carbons (Fsp3) is 0.200. The van der Waals surface area contributed by atoms with E-state index < -0.39 is 0 Å². The lowest BCUT2D eigenvalue weighted by Gasteiger charge is -2.21. The monoisotopic (exact) mass is 362 g/mol. The first-order valence-corrected chi connectivity index (χ1v) is 8.47. The van der Waals surface area contributed by atoms with Crippen molar-refractivity contribution in [3.63, 3.8) is 0 Å². The highest BCUT2D eigenvalue weighted by molar-refractivity contribution is 7.99. The summed E-state index contributed by atoms with van der Waals surface area (Å²) in [6.45, 7) is 3.93. The summed E-state index contributed by atoms with van der Waals surface area (Å²) in [7, 11) is 1.86. The van der Waals surface area contributed by atoms with Crippen LogP contribution in [-0.4, -0.2) is 43.1 Å². The minimum atomic E-state index is -0.237. The second-order valence-corrected chi connectivity index (χ2v) is 6.15. The van der Waals surface area contributed by atoms with Crippen LogP contribution in [0.25, 0.3) is 11.4 Å². The molecule has 0 atom stereocenters. The highest BCUT2D eigenvalue weighted by Gasteiger charge is 2.14. The van der Waals surface area contributed by atoms with Crippen molar-refractivity contribution < 1.29 is 4.79 Å². The third-order valence-electron chi connectivity index (χ3n) is 3.04. The second kappa shape index (κ2) is 8.46. The average Bonchev–Trinajstić information content (AvgIpc) is 2.94. The van der Waals surface area contributed by atoms with E-state index in [0.717, 1.165) is 11.4 Å². The molecule has 126 valence electrons. The Morgan fingerprint density at radius 1 is 1.46 bits per heavy atom. The predicted molar refractivity (Wildman–Crippen MR) is 99.0 cm³/mol. The van der Waals surface area contributed by atoms with E-state index in [4.69, 9.17) is 18.0 Å². The molecule has 0 fully saturated rings. The minimum absolute atomic E-state index is 0.0817. The fourth-order valence-electron chi connectivity index (χ4n) is 1.91. The van der Waals surface area contributed by atoms with Crippen LogP contribution < -0.4 is 11.2 Å². The van der Waals surface area contributed by atoms with E-state index in [-0.39, 0.29) is 16.8 Å². The molecule has 0 bridgehead atoms. The van der Waals surface area contributed by atoms with Gasteiger partial charge in [0.25, 0.3) is 0 Å². The van der Waals surface area contributed by atoms with Gasteiger partial charge in [0.15, 0.2) is 16.1 Å². The number of carbonyl (C=O) groups excluding carboxylic acids is 1. The molecule has 0 saturated carbocycles. The van der Waals surface area contributed by atoms with Gasteiger partial charge in [-0.05, 0) is 12.2 Å². The lowest BCUT2D eigenvalue weighted by molar-refractivity contribution is -0.121. The molecular formula is C15H18N6OS2. The highest BCUT2D eigenvalue weighted by atomic mass is 32.2. The number of aromatic nitrogens is 3. The zero-order valence-electron chi connectivity index (χ0n) is 13.2. The van der Waals surface area contributed by atoms with E-state index in [9.17, 15) is 4.79 Å². The number of rotatable bonds is 6. The van der Waals surface area contributed by atoms with E-state index in [0.29, 0.717) is 11.7 Å². The number of thioether (sulfide) groups is 1. The molecule has 2 rings (SSSR count). The first-order valence-electron chi connectivity index (χ1n) is 7.08. The van der Waals surface area contributed by atoms with Crippen LogP contribution in [0.5, 0.6) is 0 Å². The topological polar surface area (TPSA) is 89.1 Å². The van der Waals surface area contributed by atoms with Gasteiger partial charge < -0.3 is 10.3 Å². The van der Waals surface area contributed by atoms with Crippen LogP contribution in [0, 0.1) is 0 Å². The van der Waals surface area contributed by atoms with Gasteiger partial charge in [-0.1, -0.05) is 48.2 Å². The normalized spacial score (nSPS) is 10.2. The van der Waals surface area contributed by atoms with E-state index in [1.807, 2.05) is 41.9 Å². The Labute approximate surface area is 149 Å². The summed E-state index contributed by atoms with van der Waals surface area (Å²) in [5, 5.41) is 10.4. The Morgan fingerprint density at radius 2 is 2.17 bits per heavy atom. The van der Waals surface area contributed by atoms with Gasteiger partial charge >= 0.3 is 0 Å². The number of hydrogen-bond acceptors (Lipinski definition) is 5. The van der Waals surface area contributed by atoms with Gasteiger partial charge in [0.05, 0.1) is 12.3 Å². The Balaban J connectivity index is 1.97. The quantitative estimate of drug-likeness (QED) is 0.347. The lowest BCUT2D eigenvalue weighted by atomic mass is 10.2. The van der Waals surface area contributed by atoms with Crippen molar-refractivity contribution in [2.24, 2.45) is 12.8 Å². The second-order valence-electron chi connectivity index (χ2n) is 4.79. The van der Waals surface area contributed by atoms with Crippen molar-refractivity contribution in [1.82, 2.24) is 25.2 Å². The van der Waals surface area contributed by atoms with Gasteiger partial charge in [-0.15, -0.1) is 16.8 Å². The van der Waals surface area contributed by atoms with Crippen molar-refractivity contribution in [1.29, 1.82) is 0 Å². The number of hydrazine groups is 1. The predicted octanol–water partition coefficient (Wildman–Crippen LogP) is 1.34. The van der Waals surface area contributed by atoms with Crippen molar-refractivity contribution in [3.05, 3.63) is 43.0 Å². The summed E-state index contributed by atoms with van der Waals surface area (Å²) in [5.41, 5.74) is 9.12. The van der Waals surface area contributed by atoms with Crippen molar-refractivity contribution in [2.45, 2.75) is 5.16 Å². The molecule has 9 heteroatoms.